The maximum atomic E-state index is 12.6. The first-order valence-corrected chi connectivity index (χ1v) is 10.1. The van der Waals surface area contributed by atoms with Crippen molar-refractivity contribution in [2.75, 3.05) is 6.61 Å². The highest BCUT2D eigenvalue weighted by atomic mass is 16.5. The molecule has 0 radical (unpaired) electrons. The number of hydrogen-bond acceptors (Lipinski definition) is 4. The number of ether oxygens (including phenoxy) is 1. The number of aromatic nitrogens is 2. The SMILES string of the molecule is O=C(O)C(CCn1ncc2ccccc2c1=O)COc1ccc(-c2ccccc2)cc1. The minimum Gasteiger partial charge on any atom is -0.493 e. The molecule has 0 saturated carbocycles. The third-order valence-electron chi connectivity index (χ3n) is 5.21. The molecule has 31 heavy (non-hydrogen) atoms. The molecule has 1 heterocycles. The van der Waals surface area contributed by atoms with Crippen LogP contribution in [-0.2, 0) is 11.3 Å². The van der Waals surface area contributed by atoms with E-state index in [2.05, 4.69) is 5.10 Å². The summed E-state index contributed by atoms with van der Waals surface area (Å²) in [6.07, 6.45) is 1.86. The van der Waals surface area contributed by atoms with Gasteiger partial charge in [0.1, 0.15) is 12.4 Å². The quantitative estimate of drug-likeness (QED) is 0.467. The zero-order valence-electron chi connectivity index (χ0n) is 16.8. The van der Waals surface area contributed by atoms with Crippen molar-refractivity contribution < 1.29 is 14.6 Å². The van der Waals surface area contributed by atoms with Crippen LogP contribution in [0.2, 0.25) is 0 Å². The number of rotatable bonds is 8. The molecule has 0 fully saturated rings. The molecule has 0 amide bonds. The number of carboxylic acids is 1. The van der Waals surface area contributed by atoms with Gasteiger partial charge in [0.2, 0.25) is 0 Å². The van der Waals surface area contributed by atoms with Gasteiger partial charge in [-0.2, -0.15) is 5.10 Å². The third kappa shape index (κ3) is 4.80. The molecule has 3 aromatic carbocycles. The molecule has 6 heteroatoms. The molecule has 0 bridgehead atoms. The Kier molecular flexibility index (Phi) is 6.08. The minimum atomic E-state index is -0.963. The summed E-state index contributed by atoms with van der Waals surface area (Å²) in [5.74, 6) is -1.12. The molecule has 0 aliphatic carbocycles. The number of hydrogen-bond donors (Lipinski definition) is 1. The number of carbonyl (C=O) groups is 1. The Morgan fingerprint density at radius 1 is 0.935 bits per heavy atom. The molecule has 0 spiro atoms. The van der Waals surface area contributed by atoms with E-state index in [4.69, 9.17) is 4.74 Å². The van der Waals surface area contributed by atoms with Crippen LogP contribution in [0.4, 0.5) is 0 Å². The third-order valence-corrected chi connectivity index (χ3v) is 5.21. The van der Waals surface area contributed by atoms with Crippen molar-refractivity contribution in [2.45, 2.75) is 13.0 Å². The second-order valence-electron chi connectivity index (χ2n) is 7.29. The van der Waals surface area contributed by atoms with Crippen LogP contribution in [0.15, 0.2) is 89.9 Å². The van der Waals surface area contributed by atoms with Crippen molar-refractivity contribution in [2.24, 2.45) is 5.92 Å². The van der Waals surface area contributed by atoms with Crippen LogP contribution < -0.4 is 10.3 Å². The lowest BCUT2D eigenvalue weighted by atomic mass is 10.1. The molecule has 6 nitrogen and oxygen atoms in total. The van der Waals surface area contributed by atoms with E-state index < -0.39 is 11.9 Å². The smallest absolute Gasteiger partial charge is 0.310 e. The van der Waals surface area contributed by atoms with Crippen LogP contribution in [0.5, 0.6) is 5.75 Å². The summed E-state index contributed by atoms with van der Waals surface area (Å²) >= 11 is 0. The Morgan fingerprint density at radius 2 is 1.61 bits per heavy atom. The summed E-state index contributed by atoms with van der Waals surface area (Å²) in [5, 5.41) is 15.1. The van der Waals surface area contributed by atoms with Crippen LogP contribution in [0, 0.1) is 5.92 Å². The van der Waals surface area contributed by atoms with Crippen molar-refractivity contribution in [3.8, 4) is 16.9 Å². The topological polar surface area (TPSA) is 81.4 Å². The monoisotopic (exact) mass is 414 g/mol. The van der Waals surface area contributed by atoms with E-state index in [-0.39, 0.29) is 25.1 Å². The summed E-state index contributed by atoms with van der Waals surface area (Å²) < 4.78 is 7.03. The lowest BCUT2D eigenvalue weighted by Gasteiger charge is -2.15. The lowest BCUT2D eigenvalue weighted by molar-refractivity contribution is -0.143. The molecule has 4 aromatic rings. The fourth-order valence-electron chi connectivity index (χ4n) is 3.41. The largest absolute Gasteiger partial charge is 0.493 e. The first-order chi connectivity index (χ1) is 15.1. The number of fused-ring (bicyclic) bond motifs is 1. The first-order valence-electron chi connectivity index (χ1n) is 10.1. The van der Waals surface area contributed by atoms with Gasteiger partial charge in [-0.3, -0.25) is 9.59 Å². The van der Waals surface area contributed by atoms with Crippen molar-refractivity contribution in [1.29, 1.82) is 0 Å². The predicted molar refractivity (Wildman–Crippen MR) is 119 cm³/mol. The molecule has 1 aromatic heterocycles. The lowest BCUT2D eigenvalue weighted by Crippen LogP contribution is -2.28. The number of aliphatic carboxylic acids is 1. The van der Waals surface area contributed by atoms with Crippen molar-refractivity contribution in [1.82, 2.24) is 9.78 Å². The Morgan fingerprint density at radius 3 is 2.35 bits per heavy atom. The average Bonchev–Trinajstić information content (AvgIpc) is 2.81. The zero-order valence-corrected chi connectivity index (χ0v) is 16.8. The molecular weight excluding hydrogens is 392 g/mol. The van der Waals surface area contributed by atoms with Gasteiger partial charge in [-0.25, -0.2) is 4.68 Å². The van der Waals surface area contributed by atoms with E-state index in [1.807, 2.05) is 66.7 Å². The van der Waals surface area contributed by atoms with E-state index in [0.29, 0.717) is 11.1 Å². The van der Waals surface area contributed by atoms with Gasteiger partial charge in [0.05, 0.1) is 17.5 Å². The molecule has 0 saturated heterocycles. The van der Waals surface area contributed by atoms with E-state index in [0.717, 1.165) is 16.5 Å². The summed E-state index contributed by atoms with van der Waals surface area (Å²) in [6.45, 7) is 0.222. The molecule has 156 valence electrons. The molecule has 1 N–H and O–H groups in total. The Balaban J connectivity index is 1.39. The second-order valence-corrected chi connectivity index (χ2v) is 7.29. The summed E-state index contributed by atoms with van der Waals surface area (Å²) in [7, 11) is 0. The van der Waals surface area contributed by atoms with E-state index in [1.165, 1.54) is 4.68 Å². The zero-order chi connectivity index (χ0) is 21.6. The number of nitrogens with zero attached hydrogens (tertiary/aromatic N) is 2. The van der Waals surface area contributed by atoms with E-state index >= 15 is 0 Å². The molecule has 0 aliphatic heterocycles. The van der Waals surface area contributed by atoms with E-state index in [9.17, 15) is 14.7 Å². The number of carboxylic acid groups (broad SMARTS) is 1. The Hall–Kier alpha value is -3.93. The van der Waals surface area contributed by atoms with Crippen molar-refractivity contribution in [3.63, 3.8) is 0 Å². The maximum absolute atomic E-state index is 12.6. The minimum absolute atomic E-state index is 0.0162. The second kappa shape index (κ2) is 9.26. The van der Waals surface area contributed by atoms with Crippen molar-refractivity contribution in [3.05, 3.63) is 95.4 Å². The summed E-state index contributed by atoms with van der Waals surface area (Å²) in [6, 6.07) is 24.7. The highest BCUT2D eigenvalue weighted by Crippen LogP contribution is 2.22. The van der Waals surface area contributed by atoms with Crippen LogP contribution >= 0.6 is 0 Å². The van der Waals surface area contributed by atoms with Gasteiger partial charge in [-0.1, -0.05) is 60.7 Å². The van der Waals surface area contributed by atoms with Gasteiger partial charge >= 0.3 is 5.97 Å². The maximum Gasteiger partial charge on any atom is 0.310 e. The predicted octanol–water partition coefficient (Wildman–Crippen LogP) is 4.23. The van der Waals surface area contributed by atoms with Crippen LogP contribution in [0.25, 0.3) is 21.9 Å². The highest BCUT2D eigenvalue weighted by Gasteiger charge is 2.19. The van der Waals surface area contributed by atoms with Crippen LogP contribution in [-0.4, -0.2) is 27.5 Å². The fraction of sp³-hybridized carbons (Fsp3) is 0.160. The van der Waals surface area contributed by atoms with Gasteiger partial charge in [-0.15, -0.1) is 0 Å². The van der Waals surface area contributed by atoms with Crippen LogP contribution in [0.1, 0.15) is 6.42 Å². The number of benzene rings is 3. The molecular formula is C25H22N2O4. The highest BCUT2D eigenvalue weighted by molar-refractivity contribution is 5.80. The molecule has 4 rings (SSSR count). The van der Waals surface area contributed by atoms with Gasteiger partial charge in [0.15, 0.2) is 0 Å². The fourth-order valence-corrected chi connectivity index (χ4v) is 3.41. The van der Waals surface area contributed by atoms with Gasteiger partial charge in [0.25, 0.3) is 5.56 Å². The van der Waals surface area contributed by atoms with Gasteiger partial charge in [0, 0.05) is 11.9 Å². The molecule has 0 aliphatic rings. The van der Waals surface area contributed by atoms with Gasteiger partial charge < -0.3 is 9.84 Å². The average molecular weight is 414 g/mol. The summed E-state index contributed by atoms with van der Waals surface area (Å²) in [4.78, 5) is 24.3. The number of aryl methyl sites for hydroxylation is 1. The summed E-state index contributed by atoms with van der Waals surface area (Å²) in [5.41, 5.74) is 1.94. The molecule has 1 unspecified atom stereocenters. The molecule has 1 atom stereocenters. The normalized spacial score (nSPS) is 11.9. The Labute approximate surface area is 179 Å². The van der Waals surface area contributed by atoms with Crippen molar-refractivity contribution >= 4 is 16.7 Å². The Bertz CT molecular complexity index is 1230. The first kappa shape index (κ1) is 20.3. The van der Waals surface area contributed by atoms with Gasteiger partial charge in [-0.05, 0) is 35.7 Å². The standard InChI is InChI=1S/C25H22N2O4/c28-24-23-9-5-4-8-20(23)16-26-27(24)15-14-21(25(29)30)17-31-22-12-10-19(11-13-22)18-6-2-1-3-7-18/h1-13,16,21H,14-15,17H2,(H,29,30). The van der Waals surface area contributed by atoms with Crippen LogP contribution in [0.3, 0.4) is 0 Å². The van der Waals surface area contributed by atoms with E-state index in [1.54, 1.807) is 18.3 Å².